The molecule has 0 aliphatic heterocycles. The molecule has 8 nitrogen and oxygen atoms in total. The Hall–Kier alpha value is -3.24. The van der Waals surface area contributed by atoms with Crippen molar-refractivity contribution in [3.63, 3.8) is 0 Å². The highest BCUT2D eigenvalue weighted by Gasteiger charge is 2.14. The smallest absolute Gasteiger partial charge is 0.325 e. The Bertz CT molecular complexity index is 1020. The van der Waals surface area contributed by atoms with Crippen LogP contribution in [0.4, 0.5) is 14.5 Å². The van der Waals surface area contributed by atoms with Crippen molar-refractivity contribution in [2.45, 2.75) is 0 Å². The van der Waals surface area contributed by atoms with Crippen molar-refractivity contribution in [1.29, 1.82) is 0 Å². The fraction of sp³-hybridized carbons (Fsp3) is 0.158. The Morgan fingerprint density at radius 2 is 1.61 bits per heavy atom. The molecule has 3 N–H and O–H groups in total. The third-order valence-corrected chi connectivity index (χ3v) is 4.13. The molecule has 0 aliphatic carbocycles. The van der Waals surface area contributed by atoms with Crippen LogP contribution in [-0.4, -0.2) is 43.4 Å². The number of hydrogen-bond acceptors (Lipinski definition) is 5. The van der Waals surface area contributed by atoms with E-state index in [1.807, 2.05) is 0 Å². The van der Waals surface area contributed by atoms with Crippen LogP contribution in [0.1, 0.15) is 10.4 Å². The zero-order valence-corrected chi connectivity index (χ0v) is 17.2. The van der Waals surface area contributed by atoms with Gasteiger partial charge in [0.1, 0.15) is 6.54 Å². The van der Waals surface area contributed by atoms with E-state index >= 15 is 0 Å². The Morgan fingerprint density at radius 3 is 2.29 bits per heavy atom. The highest BCUT2D eigenvalue weighted by atomic mass is 35.5. The maximum atomic E-state index is 13.1. The van der Waals surface area contributed by atoms with Crippen LogP contribution in [0.25, 0.3) is 0 Å². The van der Waals surface area contributed by atoms with Crippen LogP contribution in [0.3, 0.4) is 0 Å². The summed E-state index contributed by atoms with van der Waals surface area (Å²) in [4.78, 5) is 47.0. The van der Waals surface area contributed by atoms with Gasteiger partial charge in [-0.3, -0.25) is 19.2 Å². The lowest BCUT2D eigenvalue weighted by Gasteiger charge is -2.09. The van der Waals surface area contributed by atoms with Gasteiger partial charge >= 0.3 is 5.97 Å². The second-order valence-electron chi connectivity index (χ2n) is 5.92. The van der Waals surface area contributed by atoms with Crippen LogP contribution in [0.5, 0.6) is 0 Å². The fourth-order valence-electron chi connectivity index (χ4n) is 2.13. The Labute approximate surface area is 184 Å². The van der Waals surface area contributed by atoms with Crippen molar-refractivity contribution in [2.24, 2.45) is 0 Å². The lowest BCUT2D eigenvalue weighted by atomic mass is 10.2. The molecule has 0 saturated heterocycles. The van der Waals surface area contributed by atoms with Gasteiger partial charge in [-0.15, -0.1) is 0 Å². The normalized spacial score (nSPS) is 10.2. The molecule has 3 amide bonds. The van der Waals surface area contributed by atoms with E-state index < -0.39 is 55.0 Å². The molecule has 0 heterocycles. The Morgan fingerprint density at radius 1 is 0.871 bits per heavy atom. The predicted octanol–water partition coefficient (Wildman–Crippen LogP) is 2.30. The van der Waals surface area contributed by atoms with Crippen molar-refractivity contribution < 1.29 is 32.7 Å². The second-order valence-corrected chi connectivity index (χ2v) is 6.76. The molecule has 0 spiro atoms. The summed E-state index contributed by atoms with van der Waals surface area (Å²) in [6.45, 7) is -1.71. The van der Waals surface area contributed by atoms with Gasteiger partial charge < -0.3 is 20.7 Å². The number of anilines is 1. The average molecular weight is 474 g/mol. The molecule has 0 unspecified atom stereocenters. The number of hydrogen-bond donors (Lipinski definition) is 3. The van der Waals surface area contributed by atoms with Gasteiger partial charge in [-0.25, -0.2) is 8.78 Å². The molecule has 12 heteroatoms. The van der Waals surface area contributed by atoms with E-state index in [-0.39, 0.29) is 16.3 Å². The monoisotopic (exact) mass is 473 g/mol. The molecular formula is C19H15Cl2F2N3O5. The largest absolute Gasteiger partial charge is 0.454 e. The molecule has 2 aromatic rings. The van der Waals surface area contributed by atoms with Crippen LogP contribution in [0.15, 0.2) is 36.4 Å². The number of ether oxygens (including phenoxy) is 1. The minimum absolute atomic E-state index is 0.0233. The summed E-state index contributed by atoms with van der Waals surface area (Å²) in [5, 5.41) is 7.17. The van der Waals surface area contributed by atoms with Crippen LogP contribution < -0.4 is 16.0 Å². The molecule has 0 bridgehead atoms. The van der Waals surface area contributed by atoms with Gasteiger partial charge in [0.2, 0.25) is 5.91 Å². The number of rotatable bonds is 8. The summed E-state index contributed by atoms with van der Waals surface area (Å²) in [6.07, 6.45) is 0. The molecular weight excluding hydrogens is 459 g/mol. The van der Waals surface area contributed by atoms with Crippen molar-refractivity contribution in [2.75, 3.05) is 25.0 Å². The summed E-state index contributed by atoms with van der Waals surface area (Å²) in [7, 11) is 0. The highest BCUT2D eigenvalue weighted by molar-refractivity contribution is 6.36. The molecule has 31 heavy (non-hydrogen) atoms. The van der Waals surface area contributed by atoms with E-state index in [9.17, 15) is 28.0 Å². The number of carbonyl (C=O) groups excluding carboxylic acids is 4. The molecule has 164 valence electrons. The third-order valence-electron chi connectivity index (χ3n) is 3.58. The third kappa shape index (κ3) is 7.83. The lowest BCUT2D eigenvalue weighted by molar-refractivity contribution is -0.147. The fourth-order valence-corrected chi connectivity index (χ4v) is 2.63. The number of amides is 3. The van der Waals surface area contributed by atoms with Crippen molar-refractivity contribution in [1.82, 2.24) is 10.6 Å². The van der Waals surface area contributed by atoms with E-state index in [0.29, 0.717) is 5.02 Å². The zero-order chi connectivity index (χ0) is 23.0. The number of nitrogens with one attached hydrogen (secondary N) is 3. The average Bonchev–Trinajstić information content (AvgIpc) is 2.71. The molecule has 0 saturated carbocycles. The van der Waals surface area contributed by atoms with Gasteiger partial charge in [-0.05, 0) is 30.3 Å². The highest BCUT2D eigenvalue weighted by Crippen LogP contribution is 2.20. The van der Waals surface area contributed by atoms with Gasteiger partial charge in [-0.1, -0.05) is 23.2 Å². The molecule has 0 radical (unpaired) electrons. The maximum Gasteiger partial charge on any atom is 0.325 e. The number of carbonyl (C=O) groups is 4. The van der Waals surface area contributed by atoms with E-state index in [1.165, 1.54) is 18.2 Å². The lowest BCUT2D eigenvalue weighted by Crippen LogP contribution is -2.39. The van der Waals surface area contributed by atoms with Crippen molar-refractivity contribution >= 4 is 52.6 Å². The second kappa shape index (κ2) is 11.2. The van der Waals surface area contributed by atoms with Crippen LogP contribution in [-0.2, 0) is 19.1 Å². The molecule has 2 rings (SSSR count). The van der Waals surface area contributed by atoms with Gasteiger partial charge in [0, 0.05) is 16.8 Å². The first kappa shape index (κ1) is 24.0. The summed E-state index contributed by atoms with van der Waals surface area (Å²) >= 11 is 11.6. The summed E-state index contributed by atoms with van der Waals surface area (Å²) in [5.41, 5.74) is 0.0927. The van der Waals surface area contributed by atoms with E-state index in [4.69, 9.17) is 23.2 Å². The SMILES string of the molecule is O=C(CNC(=O)c1ccc(Cl)cc1Cl)NCC(=O)OCC(=O)Nc1ccc(F)c(F)c1. The molecule has 0 fully saturated rings. The predicted molar refractivity (Wildman–Crippen MR) is 108 cm³/mol. The summed E-state index contributed by atoms with van der Waals surface area (Å²) < 4.78 is 30.6. The van der Waals surface area contributed by atoms with Crippen molar-refractivity contribution in [3.05, 3.63) is 63.6 Å². The number of esters is 1. The van der Waals surface area contributed by atoms with Gasteiger partial charge in [0.15, 0.2) is 18.2 Å². The topological polar surface area (TPSA) is 114 Å². The minimum atomic E-state index is -1.15. The summed E-state index contributed by atoms with van der Waals surface area (Å²) in [6, 6.07) is 6.94. The van der Waals surface area contributed by atoms with E-state index in [1.54, 1.807) is 0 Å². The Kier molecular flexibility index (Phi) is 8.71. The molecule has 0 atom stereocenters. The Balaban J connectivity index is 1.68. The van der Waals surface area contributed by atoms with Gasteiger partial charge in [-0.2, -0.15) is 0 Å². The quantitative estimate of drug-likeness (QED) is 0.509. The first-order chi connectivity index (χ1) is 14.7. The first-order valence-corrected chi connectivity index (χ1v) is 9.31. The number of benzene rings is 2. The number of halogens is 4. The van der Waals surface area contributed by atoms with Gasteiger partial charge in [0.05, 0.1) is 17.1 Å². The van der Waals surface area contributed by atoms with Gasteiger partial charge in [0.25, 0.3) is 11.8 Å². The minimum Gasteiger partial charge on any atom is -0.454 e. The summed E-state index contributed by atoms with van der Waals surface area (Å²) in [5.74, 6) is -5.26. The van der Waals surface area contributed by atoms with Crippen molar-refractivity contribution in [3.8, 4) is 0 Å². The van der Waals surface area contributed by atoms with Crippen LogP contribution in [0.2, 0.25) is 10.0 Å². The maximum absolute atomic E-state index is 13.1. The van der Waals surface area contributed by atoms with E-state index in [0.717, 1.165) is 18.2 Å². The molecule has 0 aliphatic rings. The van der Waals surface area contributed by atoms with Crippen LogP contribution in [0, 0.1) is 11.6 Å². The van der Waals surface area contributed by atoms with E-state index in [2.05, 4.69) is 20.7 Å². The standard InChI is InChI=1S/C19H15Cl2F2N3O5/c20-10-1-3-12(13(21)5-10)19(30)25-7-16(27)24-8-18(29)31-9-17(28)26-11-2-4-14(22)15(23)6-11/h1-6H,7-9H2,(H,24,27)(H,25,30)(H,26,28). The zero-order valence-electron chi connectivity index (χ0n) is 15.6. The first-order valence-electron chi connectivity index (χ1n) is 8.56. The molecule has 2 aromatic carbocycles. The van der Waals surface area contributed by atoms with Crippen LogP contribution >= 0.6 is 23.2 Å². The molecule has 0 aromatic heterocycles.